The van der Waals surface area contributed by atoms with Crippen LogP contribution in [0.2, 0.25) is 0 Å². The monoisotopic (exact) mass is 769 g/mol. The maximum Gasteiger partial charge on any atom is 0.260 e. The number of rotatable bonds is 6. The zero-order valence-corrected chi connectivity index (χ0v) is 32.8. The van der Waals surface area contributed by atoms with Crippen molar-refractivity contribution in [3.63, 3.8) is 0 Å². The Hall–Kier alpha value is -7.76. The summed E-state index contributed by atoms with van der Waals surface area (Å²) < 4.78 is 21.0. The van der Waals surface area contributed by atoms with Gasteiger partial charge in [0.15, 0.2) is 5.58 Å². The first kappa shape index (κ1) is 34.3. The Bertz CT molecular complexity index is 3170. The first-order chi connectivity index (χ1) is 29.7. The number of para-hydroxylation sites is 2. The highest BCUT2D eigenvalue weighted by Crippen LogP contribution is 2.49. The van der Waals surface area contributed by atoms with Crippen LogP contribution < -0.4 is 30.8 Å². The van der Waals surface area contributed by atoms with E-state index in [0.717, 1.165) is 117 Å². The van der Waals surface area contributed by atoms with Crippen LogP contribution in [0.25, 0.3) is 55.3 Å². The van der Waals surface area contributed by atoms with Gasteiger partial charge in [0.25, 0.3) is 6.71 Å². The van der Waals surface area contributed by atoms with Crippen LogP contribution in [0.1, 0.15) is 5.56 Å². The molecule has 0 aliphatic carbocycles. The van der Waals surface area contributed by atoms with Crippen molar-refractivity contribution in [2.75, 3.05) is 4.90 Å². The number of furan rings is 1. The van der Waals surface area contributed by atoms with Crippen molar-refractivity contribution >= 4 is 62.1 Å². The van der Waals surface area contributed by atoms with E-state index in [1.165, 1.54) is 0 Å². The third-order valence-corrected chi connectivity index (χ3v) is 12.1. The van der Waals surface area contributed by atoms with Crippen molar-refractivity contribution in [3.8, 4) is 56.4 Å². The Balaban J connectivity index is 1.13. The number of benzene rings is 9. The molecule has 0 saturated heterocycles. The second-order valence-electron chi connectivity index (χ2n) is 15.7. The van der Waals surface area contributed by atoms with E-state index in [0.29, 0.717) is 0 Å². The van der Waals surface area contributed by atoms with Crippen LogP contribution in [0, 0.1) is 6.92 Å². The van der Waals surface area contributed by atoms with Crippen LogP contribution in [0.4, 0.5) is 17.1 Å². The Morgan fingerprint density at radius 2 is 0.983 bits per heavy atom. The van der Waals surface area contributed by atoms with Gasteiger partial charge < -0.3 is 18.8 Å². The molecule has 0 unspecified atom stereocenters. The minimum atomic E-state index is -0.100. The zero-order valence-electron chi connectivity index (χ0n) is 32.8. The second kappa shape index (κ2) is 13.7. The molecule has 0 bridgehead atoms. The lowest BCUT2D eigenvalue weighted by molar-refractivity contribution is 0.465. The molecule has 12 rings (SSSR count). The molecule has 5 heteroatoms. The predicted octanol–water partition coefficient (Wildman–Crippen LogP) is 13.1. The molecule has 0 radical (unpaired) electrons. The lowest BCUT2D eigenvalue weighted by Gasteiger charge is -2.35. The highest BCUT2D eigenvalue weighted by atomic mass is 16.5. The van der Waals surface area contributed by atoms with E-state index in [4.69, 9.17) is 13.9 Å². The van der Waals surface area contributed by atoms with Crippen molar-refractivity contribution in [3.05, 3.63) is 206 Å². The van der Waals surface area contributed by atoms with Gasteiger partial charge in [-0.2, -0.15) is 0 Å². The van der Waals surface area contributed by atoms with Crippen molar-refractivity contribution in [2.45, 2.75) is 6.92 Å². The van der Waals surface area contributed by atoms with E-state index in [1.54, 1.807) is 0 Å². The van der Waals surface area contributed by atoms with Gasteiger partial charge in [0.2, 0.25) is 0 Å². The number of aryl methyl sites for hydroxylation is 1. The van der Waals surface area contributed by atoms with Crippen LogP contribution in [0.3, 0.4) is 0 Å². The molecule has 1 aromatic heterocycles. The highest BCUT2D eigenvalue weighted by Gasteiger charge is 2.41. The Labute approximate surface area is 348 Å². The summed E-state index contributed by atoms with van der Waals surface area (Å²) in [5.74, 6) is 3.20. The molecule has 2 aliphatic rings. The van der Waals surface area contributed by atoms with E-state index in [2.05, 4.69) is 200 Å². The van der Waals surface area contributed by atoms with Gasteiger partial charge in [-0.3, -0.25) is 0 Å². The summed E-state index contributed by atoms with van der Waals surface area (Å²) in [6, 6.07) is 70.5. The maximum atomic E-state index is 7.11. The number of fused-ring (bicyclic) bond motifs is 7. The molecule has 10 aromatic rings. The molecule has 4 nitrogen and oxygen atoms in total. The molecule has 2 aliphatic heterocycles. The molecule has 0 atom stereocenters. The summed E-state index contributed by atoms with van der Waals surface area (Å²) in [7, 11) is 0. The van der Waals surface area contributed by atoms with Crippen LogP contribution in [-0.2, 0) is 0 Å². The van der Waals surface area contributed by atoms with Gasteiger partial charge >= 0.3 is 0 Å². The molecule has 0 amide bonds. The molecule has 282 valence electrons. The van der Waals surface area contributed by atoms with Gasteiger partial charge in [-0.1, -0.05) is 164 Å². The molecule has 9 aromatic carbocycles. The second-order valence-corrected chi connectivity index (χ2v) is 15.7. The smallest absolute Gasteiger partial charge is 0.260 e. The van der Waals surface area contributed by atoms with Gasteiger partial charge in [0.1, 0.15) is 28.6 Å². The minimum Gasteiger partial charge on any atom is -0.458 e. The van der Waals surface area contributed by atoms with Gasteiger partial charge in [0.05, 0.1) is 17.1 Å². The average Bonchev–Trinajstić information content (AvgIpc) is 3.69. The molecular weight excluding hydrogens is 733 g/mol. The lowest BCUT2D eigenvalue weighted by atomic mass is 9.34. The quantitative estimate of drug-likeness (QED) is 0.158. The number of ether oxygens (including phenoxy) is 2. The fraction of sp³-hybridized carbons (Fsp3) is 0.0182. The molecule has 3 heterocycles. The van der Waals surface area contributed by atoms with Crippen LogP contribution in [0.15, 0.2) is 205 Å². The van der Waals surface area contributed by atoms with E-state index in [-0.39, 0.29) is 6.71 Å². The van der Waals surface area contributed by atoms with Crippen molar-refractivity contribution in [2.24, 2.45) is 0 Å². The van der Waals surface area contributed by atoms with Crippen molar-refractivity contribution in [1.29, 1.82) is 0 Å². The molecule has 0 fully saturated rings. The molecule has 60 heavy (non-hydrogen) atoms. The van der Waals surface area contributed by atoms with Gasteiger partial charge in [-0.25, -0.2) is 0 Å². The molecular formula is C55H36BNO3. The summed E-state index contributed by atoms with van der Waals surface area (Å²) in [4.78, 5) is 2.34. The van der Waals surface area contributed by atoms with Crippen LogP contribution >= 0.6 is 0 Å². The Kier molecular flexibility index (Phi) is 7.82. The Morgan fingerprint density at radius 3 is 1.62 bits per heavy atom. The number of nitrogens with zero attached hydrogens (tertiary/aromatic N) is 1. The third kappa shape index (κ3) is 5.47. The number of hydrogen-bond donors (Lipinski definition) is 0. The molecule has 0 spiro atoms. The third-order valence-electron chi connectivity index (χ3n) is 12.1. The van der Waals surface area contributed by atoms with E-state index in [1.807, 2.05) is 12.1 Å². The summed E-state index contributed by atoms with van der Waals surface area (Å²) in [5.41, 5.74) is 15.5. The highest BCUT2D eigenvalue weighted by molar-refractivity contribution is 6.98. The van der Waals surface area contributed by atoms with Crippen molar-refractivity contribution in [1.82, 2.24) is 0 Å². The van der Waals surface area contributed by atoms with Crippen molar-refractivity contribution < 1.29 is 13.9 Å². The van der Waals surface area contributed by atoms with Crippen LogP contribution in [0.5, 0.6) is 23.0 Å². The summed E-state index contributed by atoms with van der Waals surface area (Å²) in [5, 5.41) is 2.14. The number of anilines is 3. The largest absolute Gasteiger partial charge is 0.458 e. The Morgan fingerprint density at radius 1 is 0.433 bits per heavy atom. The van der Waals surface area contributed by atoms with Crippen LogP contribution in [-0.4, -0.2) is 6.71 Å². The van der Waals surface area contributed by atoms with E-state index in [9.17, 15) is 0 Å². The van der Waals surface area contributed by atoms with Gasteiger partial charge in [0, 0.05) is 33.9 Å². The van der Waals surface area contributed by atoms with E-state index >= 15 is 0 Å². The summed E-state index contributed by atoms with van der Waals surface area (Å²) in [6.07, 6.45) is 0. The first-order valence-electron chi connectivity index (χ1n) is 20.4. The number of hydrogen-bond acceptors (Lipinski definition) is 4. The average molecular weight is 770 g/mol. The normalized spacial score (nSPS) is 12.3. The topological polar surface area (TPSA) is 34.8 Å². The fourth-order valence-corrected chi connectivity index (χ4v) is 9.30. The van der Waals surface area contributed by atoms with Gasteiger partial charge in [-0.05, 0) is 75.5 Å². The zero-order chi connectivity index (χ0) is 39.7. The minimum absolute atomic E-state index is 0.100. The predicted molar refractivity (Wildman–Crippen MR) is 247 cm³/mol. The molecule has 0 N–H and O–H groups in total. The SMILES string of the molecule is Cc1ccc2c(oc3ccccc32)c1N(c1cc2c3c(c1)Oc1cc(-c4ccccc4)ccc1B3c1ccc(-c3ccccc3)cc1O2)c1ccccc1-c1ccccc1. The summed E-state index contributed by atoms with van der Waals surface area (Å²) >= 11 is 0. The summed E-state index contributed by atoms with van der Waals surface area (Å²) in [6.45, 7) is 2.06. The maximum absolute atomic E-state index is 7.11. The lowest BCUT2D eigenvalue weighted by Crippen LogP contribution is -2.57. The fourth-order valence-electron chi connectivity index (χ4n) is 9.30. The molecule has 0 saturated carbocycles. The van der Waals surface area contributed by atoms with E-state index < -0.39 is 0 Å². The standard InChI is InChI=1S/C55H36BNO3/c1-35-25-28-44-43-22-12-14-24-48(43)60-55(44)54(35)57(47-23-13-11-21-42(47)38-19-9-4-10-20-38)41-33-51-53-52(34-41)59-50-32-40(37-17-7-3-8-18-37)27-30-46(50)56(53)45-29-26-39(31-49(45)58-51)36-15-5-2-6-16-36/h2-34H,1H3. The van der Waals surface area contributed by atoms with Gasteiger partial charge in [-0.15, -0.1) is 0 Å². The first-order valence-corrected chi connectivity index (χ1v) is 20.4.